The minimum absolute atomic E-state index is 1.81. The number of rotatable bonds is 22. The molecule has 0 amide bonds. The predicted octanol–water partition coefficient (Wildman–Crippen LogP) is 5.31. The predicted molar refractivity (Wildman–Crippen MR) is 127 cm³/mol. The van der Waals surface area contributed by atoms with Crippen molar-refractivity contribution < 1.29 is 139 Å². The summed E-state index contributed by atoms with van der Waals surface area (Å²) >= 11 is 0. The van der Waals surface area contributed by atoms with Crippen molar-refractivity contribution in [2.75, 3.05) is 52.9 Å². The first-order valence-corrected chi connectivity index (χ1v) is 14.7. The van der Waals surface area contributed by atoms with Crippen LogP contribution in [0.1, 0.15) is 6.42 Å². The van der Waals surface area contributed by atoms with Crippen molar-refractivity contribution in [1.29, 1.82) is 0 Å². The van der Waals surface area contributed by atoms with E-state index in [4.69, 9.17) is 0 Å². The Morgan fingerprint density at radius 2 is 0.704 bits per heavy atom. The summed E-state index contributed by atoms with van der Waals surface area (Å²) in [6.45, 7) is -18.0. The van der Waals surface area contributed by atoms with Gasteiger partial charge < -0.3 is 28.4 Å². The number of halogens is 20. The highest BCUT2D eigenvalue weighted by atomic mass is 32.2. The van der Waals surface area contributed by atoms with Crippen LogP contribution in [0.4, 0.5) is 87.8 Å². The van der Waals surface area contributed by atoms with E-state index in [1.807, 2.05) is 0 Å². The topological polar surface area (TPSA) is 144 Å². The van der Waals surface area contributed by atoms with Crippen LogP contribution in [-0.2, 0) is 48.1 Å². The average molecular weight is 874 g/mol. The summed E-state index contributed by atoms with van der Waals surface area (Å²) in [5, 5.41) is -3.42. The molecule has 11 nitrogen and oxygen atoms in total. The maximum absolute atomic E-state index is 13.1. The molecule has 0 bridgehead atoms. The molecule has 0 fully saturated rings. The molecular formula is C22H22F20O11S. The van der Waals surface area contributed by atoms with Crippen LogP contribution in [0.2, 0.25) is 0 Å². The van der Waals surface area contributed by atoms with Gasteiger partial charge in [-0.2, -0.15) is 96.2 Å². The van der Waals surface area contributed by atoms with Gasteiger partial charge in [0.1, 0.15) is 38.6 Å². The van der Waals surface area contributed by atoms with E-state index in [9.17, 15) is 110 Å². The van der Waals surface area contributed by atoms with Crippen molar-refractivity contribution in [2.24, 2.45) is 0 Å². The Morgan fingerprint density at radius 3 is 0.926 bits per heavy atom. The molecule has 32 heteroatoms. The molecule has 0 heterocycles. The van der Waals surface area contributed by atoms with Crippen molar-refractivity contribution in [1.82, 2.24) is 0 Å². The fourth-order valence-corrected chi connectivity index (χ4v) is 3.42. The van der Waals surface area contributed by atoms with E-state index in [1.54, 1.807) is 0 Å². The molecule has 0 saturated heterocycles. The number of hydrogen-bond donors (Lipinski definition) is 1. The molecule has 0 saturated carbocycles. The number of carbonyl (C=O) groups is 2. The van der Waals surface area contributed by atoms with Gasteiger partial charge in [0.05, 0.1) is 32.8 Å². The van der Waals surface area contributed by atoms with Crippen LogP contribution >= 0.6 is 0 Å². The zero-order chi connectivity index (χ0) is 43.0. The fraction of sp³-hybridized carbons (Fsp3) is 0.909. The summed E-state index contributed by atoms with van der Waals surface area (Å²) in [4.78, 5) is 24.7. The van der Waals surface area contributed by atoms with Gasteiger partial charge in [-0.3, -0.25) is 14.1 Å². The molecule has 1 atom stereocenters. The van der Waals surface area contributed by atoms with Crippen LogP contribution in [-0.4, -0.2) is 144 Å². The number of ether oxygens (including phenoxy) is 6. The van der Waals surface area contributed by atoms with Crippen molar-refractivity contribution in [3.63, 3.8) is 0 Å². The quantitative estimate of drug-likeness (QED) is 0.0859. The van der Waals surface area contributed by atoms with Gasteiger partial charge in [-0.25, -0.2) is 0 Å². The van der Waals surface area contributed by atoms with Gasteiger partial charge in [-0.1, -0.05) is 0 Å². The molecule has 0 spiro atoms. The summed E-state index contributed by atoms with van der Waals surface area (Å²) in [6, 6.07) is 0. The van der Waals surface area contributed by atoms with Crippen LogP contribution < -0.4 is 0 Å². The van der Waals surface area contributed by atoms with Crippen molar-refractivity contribution in [3.05, 3.63) is 0 Å². The first-order chi connectivity index (χ1) is 23.8. The molecule has 322 valence electrons. The largest absolute Gasteiger partial charge is 0.457 e. The highest BCUT2D eigenvalue weighted by Crippen LogP contribution is 2.38. The lowest BCUT2D eigenvalue weighted by Crippen LogP contribution is -2.44. The minimum atomic E-state index is -6.33. The van der Waals surface area contributed by atoms with Gasteiger partial charge in [0, 0.05) is 0 Å². The Bertz CT molecular complexity index is 1250. The Hall–Kier alpha value is -2.71. The third-order valence-corrected chi connectivity index (χ3v) is 6.64. The van der Waals surface area contributed by atoms with Gasteiger partial charge >= 0.3 is 60.3 Å². The highest BCUT2D eigenvalue weighted by molar-refractivity contribution is 7.87. The van der Waals surface area contributed by atoms with Crippen LogP contribution in [0.5, 0.6) is 0 Å². The first-order valence-electron chi connectivity index (χ1n) is 13.2. The van der Waals surface area contributed by atoms with Crippen LogP contribution in [0.25, 0.3) is 0 Å². The van der Waals surface area contributed by atoms with E-state index in [2.05, 4.69) is 28.4 Å². The lowest BCUT2D eigenvalue weighted by molar-refractivity contribution is -0.301. The van der Waals surface area contributed by atoms with Crippen LogP contribution in [0.15, 0.2) is 0 Å². The second-order valence-corrected chi connectivity index (χ2v) is 11.8. The summed E-state index contributed by atoms with van der Waals surface area (Å²) in [6.07, 6.45) is -32.8. The Morgan fingerprint density at radius 1 is 0.463 bits per heavy atom. The Balaban J connectivity index is 6.11. The molecule has 0 aromatic rings. The van der Waals surface area contributed by atoms with E-state index < -0.39 is 147 Å². The van der Waals surface area contributed by atoms with Gasteiger partial charge in [0.2, 0.25) is 0 Å². The maximum atomic E-state index is 13.1. The number of esters is 2. The Kier molecular flexibility index (Phi) is 17.6. The fourth-order valence-electron chi connectivity index (χ4n) is 2.77. The molecule has 0 rings (SSSR count). The molecule has 0 aliphatic rings. The van der Waals surface area contributed by atoms with Crippen molar-refractivity contribution >= 4 is 22.1 Å². The average Bonchev–Trinajstić information content (AvgIpc) is 2.92. The van der Waals surface area contributed by atoms with E-state index in [0.717, 1.165) is 0 Å². The lowest BCUT2D eigenvalue weighted by atomic mass is 10.3. The maximum Gasteiger partial charge on any atom is 0.455 e. The van der Waals surface area contributed by atoms with E-state index in [0.29, 0.717) is 0 Å². The van der Waals surface area contributed by atoms with Gasteiger partial charge in [0.25, 0.3) is 10.1 Å². The third-order valence-electron chi connectivity index (χ3n) is 5.56. The molecule has 0 aromatic carbocycles. The Labute approximate surface area is 286 Å². The second-order valence-electron chi connectivity index (χ2n) is 10.2. The van der Waals surface area contributed by atoms with Crippen molar-refractivity contribution in [3.8, 4) is 0 Å². The SMILES string of the molecule is O=C(CC(C(=O)OC(COCC(F)(F)C(F)(F)F)COCC(F)(F)C(F)(F)F)S(=O)(=O)O)OC(COCC(F)(F)C(F)(F)F)COCC(F)(F)C(F)(F)F. The molecule has 0 aliphatic carbocycles. The zero-order valence-electron chi connectivity index (χ0n) is 25.6. The van der Waals surface area contributed by atoms with Gasteiger partial charge in [-0.15, -0.1) is 0 Å². The molecule has 1 unspecified atom stereocenters. The normalized spacial score (nSPS) is 15.2. The summed E-state index contributed by atoms with van der Waals surface area (Å²) < 4.78 is 310. The molecule has 0 aliphatic heterocycles. The summed E-state index contributed by atoms with van der Waals surface area (Å²) in [7, 11) is -6.08. The van der Waals surface area contributed by atoms with Crippen molar-refractivity contribution in [2.45, 2.75) is 72.3 Å². The second kappa shape index (κ2) is 18.5. The van der Waals surface area contributed by atoms with Gasteiger partial charge in [0.15, 0.2) is 5.25 Å². The van der Waals surface area contributed by atoms with Gasteiger partial charge in [-0.05, 0) is 0 Å². The summed E-state index contributed by atoms with van der Waals surface area (Å²) in [5.41, 5.74) is 0. The third kappa shape index (κ3) is 16.6. The lowest BCUT2D eigenvalue weighted by Gasteiger charge is -2.25. The highest BCUT2D eigenvalue weighted by Gasteiger charge is 2.60. The number of hydrogen-bond acceptors (Lipinski definition) is 10. The standard InChI is InChI=1S/C22H22F20O11S/c23-15(24,19(31,32)33)6-48-2-10(3-49-7-16(25,26)20(34,35)36)52-13(43)1-12(54(45,46)47)14(44)53-11(4-50-8-17(27,28)21(37,38)39)5-51-9-18(29,30)22(40,41)42/h10-12H,1-9H2,(H,45,46,47). The van der Waals surface area contributed by atoms with Crippen LogP contribution in [0, 0.1) is 0 Å². The molecule has 0 radical (unpaired) electrons. The van der Waals surface area contributed by atoms with E-state index >= 15 is 0 Å². The molecule has 0 aromatic heterocycles. The first kappa shape index (κ1) is 51.3. The molecule has 1 N–H and O–H groups in total. The number of carbonyl (C=O) groups excluding carboxylic acids is 2. The van der Waals surface area contributed by atoms with Crippen LogP contribution in [0.3, 0.4) is 0 Å². The van der Waals surface area contributed by atoms with E-state index in [-0.39, 0.29) is 0 Å². The molecule has 54 heavy (non-hydrogen) atoms. The van der Waals surface area contributed by atoms with E-state index in [1.165, 1.54) is 0 Å². The monoisotopic (exact) mass is 874 g/mol. The smallest absolute Gasteiger partial charge is 0.455 e. The zero-order valence-corrected chi connectivity index (χ0v) is 26.4. The summed E-state index contributed by atoms with van der Waals surface area (Å²) in [5.74, 6) is -27.6. The molecular weight excluding hydrogens is 852 g/mol. The minimum Gasteiger partial charge on any atom is -0.457 e. The number of alkyl halides is 20.